The van der Waals surface area contributed by atoms with Crippen molar-refractivity contribution in [2.24, 2.45) is 0 Å². The van der Waals surface area contributed by atoms with Crippen LogP contribution in [0.1, 0.15) is 32.6 Å². The first-order valence-corrected chi connectivity index (χ1v) is 5.73. The van der Waals surface area contributed by atoms with Gasteiger partial charge in [-0.25, -0.2) is 8.78 Å². The number of alkyl halides is 2. The fourth-order valence-corrected chi connectivity index (χ4v) is 1.49. The molecule has 1 N–H and O–H groups in total. The zero-order valence-corrected chi connectivity index (χ0v) is 9.85. The zero-order chi connectivity index (χ0) is 12.2. The Labute approximate surface area is 96.7 Å². The molecule has 0 aromatic heterocycles. The van der Waals surface area contributed by atoms with Crippen LogP contribution < -0.4 is 5.32 Å². The van der Waals surface area contributed by atoms with Crippen LogP contribution in [0, 0.1) is 12.3 Å². The Balaban J connectivity index is 3.55. The van der Waals surface area contributed by atoms with Crippen molar-refractivity contribution in [2.75, 3.05) is 19.8 Å². The number of hydrogen-bond donors (Lipinski definition) is 1. The van der Waals surface area contributed by atoms with Gasteiger partial charge in [0, 0.05) is 19.1 Å². The van der Waals surface area contributed by atoms with Gasteiger partial charge in [0.25, 0.3) is 6.43 Å². The summed E-state index contributed by atoms with van der Waals surface area (Å²) in [6.45, 7) is 2.80. The normalized spacial score (nSPS) is 12.7. The first-order valence-electron chi connectivity index (χ1n) is 5.73. The molecule has 4 heteroatoms. The van der Waals surface area contributed by atoms with Gasteiger partial charge in [-0.3, -0.25) is 0 Å². The first kappa shape index (κ1) is 15.3. The van der Waals surface area contributed by atoms with Gasteiger partial charge < -0.3 is 10.1 Å². The maximum atomic E-state index is 11.8. The molecule has 0 heterocycles. The van der Waals surface area contributed by atoms with E-state index in [1.54, 1.807) is 0 Å². The van der Waals surface area contributed by atoms with Crippen LogP contribution in [-0.4, -0.2) is 32.2 Å². The van der Waals surface area contributed by atoms with Crippen molar-refractivity contribution in [1.29, 1.82) is 0 Å². The lowest BCUT2D eigenvalue weighted by Gasteiger charge is -2.17. The molecule has 0 fully saturated rings. The number of hydrogen-bond acceptors (Lipinski definition) is 2. The summed E-state index contributed by atoms with van der Waals surface area (Å²) >= 11 is 0. The molecule has 0 aliphatic heterocycles. The Kier molecular flexibility index (Phi) is 10.4. The van der Waals surface area contributed by atoms with Crippen molar-refractivity contribution in [2.45, 2.75) is 45.1 Å². The highest BCUT2D eigenvalue weighted by atomic mass is 19.3. The fraction of sp³-hybridized carbons (Fsp3) is 0.833. The fourth-order valence-electron chi connectivity index (χ4n) is 1.49. The molecule has 0 aliphatic carbocycles. The summed E-state index contributed by atoms with van der Waals surface area (Å²) in [5.74, 6) is 2.59. The smallest absolute Gasteiger partial charge is 0.261 e. The van der Waals surface area contributed by atoms with Crippen LogP contribution in [-0.2, 0) is 4.74 Å². The van der Waals surface area contributed by atoms with Crippen molar-refractivity contribution < 1.29 is 13.5 Å². The number of rotatable bonds is 10. The average Bonchev–Trinajstić information content (AvgIpc) is 2.24. The van der Waals surface area contributed by atoms with E-state index in [1.165, 1.54) is 0 Å². The summed E-state index contributed by atoms with van der Waals surface area (Å²) in [6, 6.07) is 0.316. The van der Waals surface area contributed by atoms with Gasteiger partial charge in [-0.05, 0) is 25.8 Å². The van der Waals surface area contributed by atoms with Gasteiger partial charge in [-0.15, -0.1) is 12.3 Å². The number of ether oxygens (including phenoxy) is 1. The van der Waals surface area contributed by atoms with Crippen molar-refractivity contribution >= 4 is 0 Å². The van der Waals surface area contributed by atoms with E-state index in [1.807, 2.05) is 6.92 Å². The Morgan fingerprint density at radius 3 is 2.69 bits per heavy atom. The standard InChI is InChI=1S/C12H21F2NO/c1-3-5-6-7-11(15-4-2)8-9-16-10-12(13)14/h1,11-12,15H,4-10H2,2H3. The summed E-state index contributed by atoms with van der Waals surface area (Å²) < 4.78 is 28.4. The van der Waals surface area contributed by atoms with Gasteiger partial charge in [-0.2, -0.15) is 0 Å². The monoisotopic (exact) mass is 233 g/mol. The molecule has 0 amide bonds. The predicted molar refractivity (Wildman–Crippen MR) is 61.6 cm³/mol. The van der Waals surface area contributed by atoms with E-state index in [0.717, 1.165) is 32.2 Å². The van der Waals surface area contributed by atoms with Crippen molar-refractivity contribution in [3.8, 4) is 12.3 Å². The minimum absolute atomic E-state index is 0.316. The number of nitrogens with one attached hydrogen (secondary N) is 1. The minimum atomic E-state index is -2.38. The predicted octanol–water partition coefficient (Wildman–Crippen LogP) is 2.44. The van der Waals surface area contributed by atoms with Crippen LogP contribution in [0.4, 0.5) is 8.78 Å². The number of terminal acetylenes is 1. The zero-order valence-electron chi connectivity index (χ0n) is 9.85. The van der Waals surface area contributed by atoms with Gasteiger partial charge in [0.15, 0.2) is 0 Å². The van der Waals surface area contributed by atoms with Gasteiger partial charge in [0.05, 0.1) is 0 Å². The van der Waals surface area contributed by atoms with Crippen LogP contribution in [0.3, 0.4) is 0 Å². The molecule has 0 saturated heterocycles. The highest BCUT2D eigenvalue weighted by Gasteiger charge is 2.07. The number of unbranched alkanes of at least 4 members (excludes halogenated alkanes) is 1. The molecule has 0 radical (unpaired) electrons. The molecule has 16 heavy (non-hydrogen) atoms. The van der Waals surface area contributed by atoms with E-state index in [2.05, 4.69) is 11.2 Å². The largest absolute Gasteiger partial charge is 0.375 e. The van der Waals surface area contributed by atoms with Crippen LogP contribution in [0.5, 0.6) is 0 Å². The van der Waals surface area contributed by atoms with Crippen molar-refractivity contribution in [3.63, 3.8) is 0 Å². The van der Waals surface area contributed by atoms with Crippen LogP contribution in [0.15, 0.2) is 0 Å². The molecule has 1 atom stereocenters. The number of halogens is 2. The summed E-state index contributed by atoms with van der Waals surface area (Å²) in [5, 5.41) is 3.29. The average molecular weight is 233 g/mol. The topological polar surface area (TPSA) is 21.3 Å². The van der Waals surface area contributed by atoms with Crippen molar-refractivity contribution in [1.82, 2.24) is 5.32 Å². The molecule has 0 bridgehead atoms. The Morgan fingerprint density at radius 2 is 2.12 bits per heavy atom. The second-order valence-corrected chi connectivity index (χ2v) is 3.61. The summed E-state index contributed by atoms with van der Waals surface area (Å²) in [5.41, 5.74) is 0. The maximum Gasteiger partial charge on any atom is 0.261 e. The third kappa shape index (κ3) is 9.88. The van der Waals surface area contributed by atoms with Crippen molar-refractivity contribution in [3.05, 3.63) is 0 Å². The molecule has 2 nitrogen and oxygen atoms in total. The summed E-state index contributed by atoms with van der Waals surface area (Å²) in [6.07, 6.45) is 6.24. The lowest BCUT2D eigenvalue weighted by atomic mass is 10.1. The molecule has 1 unspecified atom stereocenters. The van der Waals surface area contributed by atoms with E-state index >= 15 is 0 Å². The highest BCUT2D eigenvalue weighted by molar-refractivity contribution is 4.83. The van der Waals surface area contributed by atoms with E-state index in [9.17, 15) is 8.78 Å². The lowest BCUT2D eigenvalue weighted by Crippen LogP contribution is -2.30. The van der Waals surface area contributed by atoms with Crippen LogP contribution in [0.25, 0.3) is 0 Å². The van der Waals surface area contributed by atoms with E-state index in [-0.39, 0.29) is 0 Å². The van der Waals surface area contributed by atoms with Crippen LogP contribution >= 0.6 is 0 Å². The Bertz CT molecular complexity index is 192. The first-order chi connectivity index (χ1) is 7.70. The van der Waals surface area contributed by atoms with Crippen LogP contribution in [0.2, 0.25) is 0 Å². The lowest BCUT2D eigenvalue weighted by molar-refractivity contribution is 0.0142. The van der Waals surface area contributed by atoms with Gasteiger partial charge in [-0.1, -0.05) is 6.92 Å². The second kappa shape index (κ2) is 10.8. The molecule has 0 rings (SSSR count). The molecule has 0 aromatic rings. The van der Waals surface area contributed by atoms with Gasteiger partial charge >= 0.3 is 0 Å². The third-order valence-electron chi connectivity index (χ3n) is 2.22. The van der Waals surface area contributed by atoms with Gasteiger partial charge in [0.2, 0.25) is 0 Å². The van der Waals surface area contributed by atoms with E-state index in [4.69, 9.17) is 11.2 Å². The molecule has 0 aliphatic rings. The molecular formula is C12H21F2NO. The summed E-state index contributed by atoms with van der Waals surface area (Å²) in [7, 11) is 0. The highest BCUT2D eigenvalue weighted by Crippen LogP contribution is 2.05. The summed E-state index contributed by atoms with van der Waals surface area (Å²) in [4.78, 5) is 0. The molecular weight excluding hydrogens is 212 g/mol. The SMILES string of the molecule is C#CCCCC(CCOCC(F)F)NCC. The molecule has 0 aromatic carbocycles. The maximum absolute atomic E-state index is 11.8. The molecule has 0 spiro atoms. The van der Waals surface area contributed by atoms with Gasteiger partial charge in [0.1, 0.15) is 6.61 Å². The van der Waals surface area contributed by atoms with E-state index in [0.29, 0.717) is 12.6 Å². The Morgan fingerprint density at radius 1 is 1.38 bits per heavy atom. The van der Waals surface area contributed by atoms with E-state index < -0.39 is 13.0 Å². The quantitative estimate of drug-likeness (QED) is 0.462. The minimum Gasteiger partial charge on any atom is -0.375 e. The Hall–Kier alpha value is -0.660. The second-order valence-electron chi connectivity index (χ2n) is 3.61. The third-order valence-corrected chi connectivity index (χ3v) is 2.22. The molecule has 0 saturated carbocycles. The molecule has 94 valence electrons.